The third kappa shape index (κ3) is 7.47. The molecule has 0 fully saturated rings. The molecule has 0 spiro atoms. The molecule has 0 rings (SSSR count). The molecule has 0 saturated heterocycles. The van der Waals surface area contributed by atoms with Crippen molar-refractivity contribution in [1.29, 1.82) is 0 Å². The summed E-state index contributed by atoms with van der Waals surface area (Å²) >= 11 is 0. The molecule has 0 heterocycles. The fourth-order valence-electron chi connectivity index (χ4n) is 0.370. The van der Waals surface area contributed by atoms with Gasteiger partial charge in [-0.3, -0.25) is 4.99 Å². The van der Waals surface area contributed by atoms with E-state index in [4.69, 9.17) is 0 Å². The van der Waals surface area contributed by atoms with Crippen LogP contribution in [-0.4, -0.2) is 31.4 Å². The van der Waals surface area contributed by atoms with Gasteiger partial charge in [-0.25, -0.2) is 0 Å². The minimum atomic E-state index is 0.879. The van der Waals surface area contributed by atoms with Crippen molar-refractivity contribution in [3.8, 4) is 0 Å². The average Bonchev–Trinajstić information content (AvgIpc) is 1.93. The van der Waals surface area contributed by atoms with Crippen molar-refractivity contribution in [1.82, 2.24) is 4.90 Å². The normalized spacial score (nSPS) is 10.0. The molecule has 0 unspecified atom stereocenters. The Morgan fingerprint density at radius 2 is 1.70 bits per heavy atom. The number of aliphatic imine (C=N–C) groups is 1. The highest BCUT2D eigenvalue weighted by atomic mass is 15.1. The summed E-state index contributed by atoms with van der Waals surface area (Å²) in [6, 6.07) is 0. The Labute approximate surface area is 65.0 Å². The van der Waals surface area contributed by atoms with E-state index in [0.29, 0.717) is 0 Å². The van der Waals surface area contributed by atoms with Gasteiger partial charge >= 0.3 is 0 Å². The van der Waals surface area contributed by atoms with Gasteiger partial charge in [0.15, 0.2) is 0 Å². The topological polar surface area (TPSA) is 15.6 Å². The summed E-state index contributed by atoms with van der Waals surface area (Å²) in [5.41, 5.74) is 0. The molecular formula is C8H20N2. The first-order chi connectivity index (χ1) is 4.68. The highest BCUT2D eigenvalue weighted by Crippen LogP contribution is 1.80. The molecule has 0 N–H and O–H groups in total. The highest BCUT2D eigenvalue weighted by molar-refractivity contribution is 5.78. The van der Waals surface area contributed by atoms with Gasteiger partial charge in [-0.1, -0.05) is 13.8 Å². The Balaban J connectivity index is 0. The molecular weight excluding hydrogens is 124 g/mol. The van der Waals surface area contributed by atoms with Crippen LogP contribution in [0.1, 0.15) is 27.7 Å². The molecule has 0 aromatic carbocycles. The van der Waals surface area contributed by atoms with E-state index in [-0.39, 0.29) is 0 Å². The van der Waals surface area contributed by atoms with Crippen molar-refractivity contribution in [3.05, 3.63) is 0 Å². The summed E-state index contributed by atoms with van der Waals surface area (Å²) in [6.07, 6.45) is 0. The van der Waals surface area contributed by atoms with Gasteiger partial charge in [0.2, 0.25) is 0 Å². The molecule has 0 aliphatic rings. The fourth-order valence-corrected chi connectivity index (χ4v) is 0.370. The van der Waals surface area contributed by atoms with Crippen LogP contribution < -0.4 is 0 Å². The van der Waals surface area contributed by atoms with Gasteiger partial charge in [-0.2, -0.15) is 0 Å². The zero-order chi connectivity index (χ0) is 8.57. The van der Waals surface area contributed by atoms with Crippen molar-refractivity contribution in [3.63, 3.8) is 0 Å². The summed E-state index contributed by atoms with van der Waals surface area (Å²) < 4.78 is 0. The van der Waals surface area contributed by atoms with E-state index >= 15 is 0 Å². The highest BCUT2D eigenvalue weighted by Gasteiger charge is 1.87. The van der Waals surface area contributed by atoms with E-state index in [1.54, 1.807) is 0 Å². The molecule has 0 aliphatic heterocycles. The van der Waals surface area contributed by atoms with Gasteiger partial charge in [0, 0.05) is 20.6 Å². The standard InChI is InChI=1S/C6H14N2.C2H6/c1-5-7-6(2)8(3)4;1-2/h5H2,1-4H3;1-2H3. The number of hydrogen-bond acceptors (Lipinski definition) is 1. The Bertz CT molecular complexity index is 85.3. The lowest BCUT2D eigenvalue weighted by molar-refractivity contribution is 0.614. The van der Waals surface area contributed by atoms with Crippen LogP contribution in [0, 0.1) is 0 Å². The predicted molar refractivity (Wildman–Crippen MR) is 48.7 cm³/mol. The van der Waals surface area contributed by atoms with Crippen LogP contribution in [0.3, 0.4) is 0 Å². The van der Waals surface area contributed by atoms with Gasteiger partial charge < -0.3 is 4.90 Å². The van der Waals surface area contributed by atoms with Crippen molar-refractivity contribution in [2.75, 3.05) is 20.6 Å². The van der Waals surface area contributed by atoms with Crippen LogP contribution in [0.4, 0.5) is 0 Å². The lowest BCUT2D eigenvalue weighted by Crippen LogP contribution is -2.18. The summed E-state index contributed by atoms with van der Waals surface area (Å²) in [4.78, 5) is 6.17. The maximum absolute atomic E-state index is 4.17. The Morgan fingerprint density at radius 1 is 1.30 bits per heavy atom. The van der Waals surface area contributed by atoms with E-state index in [9.17, 15) is 0 Å². The second kappa shape index (κ2) is 8.47. The first kappa shape index (κ1) is 12.2. The molecule has 0 amide bonds. The van der Waals surface area contributed by atoms with Crippen LogP contribution in [-0.2, 0) is 0 Å². The summed E-state index contributed by atoms with van der Waals surface area (Å²) in [7, 11) is 3.99. The lowest BCUT2D eigenvalue weighted by atomic mass is 10.6. The van der Waals surface area contributed by atoms with Crippen LogP contribution in [0.15, 0.2) is 4.99 Å². The number of hydrogen-bond donors (Lipinski definition) is 0. The van der Waals surface area contributed by atoms with Crippen LogP contribution >= 0.6 is 0 Å². The molecule has 2 nitrogen and oxygen atoms in total. The summed E-state index contributed by atoms with van der Waals surface area (Å²) in [5, 5.41) is 0. The second-order valence-corrected chi connectivity index (χ2v) is 1.92. The van der Waals surface area contributed by atoms with E-state index in [1.165, 1.54) is 0 Å². The summed E-state index contributed by atoms with van der Waals surface area (Å²) in [5.74, 6) is 1.09. The largest absolute Gasteiger partial charge is 0.367 e. The van der Waals surface area contributed by atoms with E-state index in [2.05, 4.69) is 4.99 Å². The molecule has 0 aromatic heterocycles. The van der Waals surface area contributed by atoms with E-state index in [0.717, 1.165) is 12.4 Å². The smallest absolute Gasteiger partial charge is 0.0952 e. The first-order valence-electron chi connectivity index (χ1n) is 3.86. The molecule has 2 heteroatoms. The molecule has 0 atom stereocenters. The van der Waals surface area contributed by atoms with Crippen molar-refractivity contribution < 1.29 is 0 Å². The predicted octanol–water partition coefficient (Wildman–Crippen LogP) is 2.01. The van der Waals surface area contributed by atoms with Crippen LogP contribution in [0.5, 0.6) is 0 Å². The van der Waals surface area contributed by atoms with Gasteiger partial charge in [-0.05, 0) is 13.8 Å². The molecule has 0 radical (unpaired) electrons. The van der Waals surface area contributed by atoms with Gasteiger partial charge in [0.25, 0.3) is 0 Å². The Kier molecular flexibility index (Phi) is 10.3. The average molecular weight is 144 g/mol. The third-order valence-electron chi connectivity index (χ3n) is 1.03. The summed E-state index contributed by atoms with van der Waals surface area (Å²) in [6.45, 7) is 8.92. The molecule has 0 saturated carbocycles. The first-order valence-corrected chi connectivity index (χ1v) is 3.86. The monoisotopic (exact) mass is 144 g/mol. The zero-order valence-corrected chi connectivity index (χ0v) is 8.10. The number of amidine groups is 1. The lowest BCUT2D eigenvalue weighted by Gasteiger charge is -2.09. The minimum absolute atomic E-state index is 0.879. The minimum Gasteiger partial charge on any atom is -0.367 e. The van der Waals surface area contributed by atoms with Crippen LogP contribution in [0.2, 0.25) is 0 Å². The molecule has 10 heavy (non-hydrogen) atoms. The fraction of sp³-hybridized carbons (Fsp3) is 0.875. The van der Waals surface area contributed by atoms with Crippen molar-refractivity contribution >= 4 is 5.84 Å². The number of rotatable bonds is 1. The van der Waals surface area contributed by atoms with E-state index in [1.807, 2.05) is 46.7 Å². The second-order valence-electron chi connectivity index (χ2n) is 1.92. The SMILES string of the molecule is CC.CCN=C(C)N(C)C. The van der Waals surface area contributed by atoms with Gasteiger partial charge in [0.05, 0.1) is 5.84 Å². The quantitative estimate of drug-likeness (QED) is 0.406. The van der Waals surface area contributed by atoms with Gasteiger partial charge in [-0.15, -0.1) is 0 Å². The van der Waals surface area contributed by atoms with E-state index < -0.39 is 0 Å². The molecule has 62 valence electrons. The third-order valence-corrected chi connectivity index (χ3v) is 1.03. The number of nitrogens with zero attached hydrogens (tertiary/aromatic N) is 2. The molecule has 0 aliphatic carbocycles. The van der Waals surface area contributed by atoms with Crippen molar-refractivity contribution in [2.24, 2.45) is 4.99 Å². The molecule has 0 aromatic rings. The van der Waals surface area contributed by atoms with Gasteiger partial charge in [0.1, 0.15) is 0 Å². The zero-order valence-electron chi connectivity index (χ0n) is 8.10. The maximum atomic E-state index is 4.17. The molecule has 0 bridgehead atoms. The Hall–Kier alpha value is -0.530. The maximum Gasteiger partial charge on any atom is 0.0952 e. The Morgan fingerprint density at radius 3 is 1.80 bits per heavy atom. The van der Waals surface area contributed by atoms with Crippen molar-refractivity contribution in [2.45, 2.75) is 27.7 Å². The van der Waals surface area contributed by atoms with Crippen LogP contribution in [0.25, 0.3) is 0 Å².